The maximum absolute atomic E-state index is 11.9. The second kappa shape index (κ2) is 6.52. The lowest BCUT2D eigenvalue weighted by Gasteiger charge is -2.06. The van der Waals surface area contributed by atoms with Crippen LogP contribution in [0.25, 0.3) is 0 Å². The van der Waals surface area contributed by atoms with Crippen molar-refractivity contribution in [2.24, 2.45) is 0 Å². The van der Waals surface area contributed by atoms with Gasteiger partial charge in [-0.1, -0.05) is 11.6 Å². The van der Waals surface area contributed by atoms with Gasteiger partial charge in [-0.2, -0.15) is 5.10 Å². The zero-order valence-electron chi connectivity index (χ0n) is 12.0. The SMILES string of the molecule is Cc1nn(CCC(=O)Nc2ccc(Cl)nc2)c(C)c1[N+](=O)[O-]. The number of pyridine rings is 1. The molecule has 8 nitrogen and oxygen atoms in total. The monoisotopic (exact) mass is 323 g/mol. The van der Waals surface area contributed by atoms with Gasteiger partial charge in [0.1, 0.15) is 16.5 Å². The molecule has 0 spiro atoms. The fourth-order valence-corrected chi connectivity index (χ4v) is 2.16. The van der Waals surface area contributed by atoms with Crippen molar-refractivity contribution in [1.29, 1.82) is 0 Å². The Bertz CT molecular complexity index is 711. The third-order valence-electron chi connectivity index (χ3n) is 3.09. The van der Waals surface area contributed by atoms with Crippen molar-refractivity contribution in [3.8, 4) is 0 Å². The molecule has 0 saturated heterocycles. The molecule has 0 aliphatic carbocycles. The van der Waals surface area contributed by atoms with Gasteiger partial charge in [-0.3, -0.25) is 19.6 Å². The van der Waals surface area contributed by atoms with Crippen LogP contribution in [-0.2, 0) is 11.3 Å². The summed E-state index contributed by atoms with van der Waals surface area (Å²) in [6.45, 7) is 3.44. The number of carbonyl (C=O) groups excluding carboxylic acids is 1. The third kappa shape index (κ3) is 3.59. The summed E-state index contributed by atoms with van der Waals surface area (Å²) in [4.78, 5) is 26.2. The van der Waals surface area contributed by atoms with E-state index in [1.807, 2.05) is 0 Å². The van der Waals surface area contributed by atoms with Gasteiger partial charge in [0.25, 0.3) is 0 Å². The van der Waals surface area contributed by atoms with E-state index in [9.17, 15) is 14.9 Å². The van der Waals surface area contributed by atoms with Gasteiger partial charge in [-0.05, 0) is 26.0 Å². The zero-order valence-corrected chi connectivity index (χ0v) is 12.8. The molecule has 22 heavy (non-hydrogen) atoms. The van der Waals surface area contributed by atoms with Crippen LogP contribution in [0.3, 0.4) is 0 Å². The quantitative estimate of drug-likeness (QED) is 0.517. The summed E-state index contributed by atoms with van der Waals surface area (Å²) < 4.78 is 1.47. The minimum absolute atomic E-state index is 0.0118. The molecule has 0 fully saturated rings. The Morgan fingerprint density at radius 1 is 1.45 bits per heavy atom. The van der Waals surface area contributed by atoms with Crippen LogP contribution in [0, 0.1) is 24.0 Å². The second-order valence-corrected chi connectivity index (χ2v) is 5.05. The smallest absolute Gasteiger partial charge is 0.312 e. The second-order valence-electron chi connectivity index (χ2n) is 4.67. The number of hydrogen-bond acceptors (Lipinski definition) is 5. The van der Waals surface area contributed by atoms with Crippen molar-refractivity contribution in [2.75, 3.05) is 5.32 Å². The molecule has 2 aromatic rings. The van der Waals surface area contributed by atoms with Crippen molar-refractivity contribution in [3.05, 3.63) is 45.0 Å². The first-order chi connectivity index (χ1) is 10.4. The van der Waals surface area contributed by atoms with Crippen LogP contribution in [-0.4, -0.2) is 25.6 Å². The average Bonchev–Trinajstić information content (AvgIpc) is 2.73. The predicted molar refractivity (Wildman–Crippen MR) is 80.8 cm³/mol. The van der Waals surface area contributed by atoms with E-state index < -0.39 is 4.92 Å². The molecule has 2 heterocycles. The van der Waals surface area contributed by atoms with Gasteiger partial charge in [0, 0.05) is 6.42 Å². The molecule has 0 aliphatic heterocycles. The minimum Gasteiger partial charge on any atom is -0.325 e. The van der Waals surface area contributed by atoms with Gasteiger partial charge in [-0.25, -0.2) is 4.98 Å². The topological polar surface area (TPSA) is 103 Å². The van der Waals surface area contributed by atoms with E-state index >= 15 is 0 Å². The summed E-state index contributed by atoms with van der Waals surface area (Å²) in [7, 11) is 0. The van der Waals surface area contributed by atoms with E-state index in [1.165, 1.54) is 10.9 Å². The highest BCUT2D eigenvalue weighted by Gasteiger charge is 2.21. The van der Waals surface area contributed by atoms with Gasteiger partial charge in [0.05, 0.1) is 23.4 Å². The Morgan fingerprint density at radius 2 is 2.18 bits per heavy atom. The van der Waals surface area contributed by atoms with Crippen LogP contribution in [0.1, 0.15) is 17.8 Å². The van der Waals surface area contributed by atoms with Crippen molar-refractivity contribution >= 4 is 28.9 Å². The lowest BCUT2D eigenvalue weighted by molar-refractivity contribution is -0.386. The zero-order chi connectivity index (χ0) is 16.3. The summed E-state index contributed by atoms with van der Waals surface area (Å²) in [5.41, 5.74) is 1.30. The molecule has 0 unspecified atom stereocenters. The van der Waals surface area contributed by atoms with E-state index in [4.69, 9.17) is 11.6 Å². The Balaban J connectivity index is 1.98. The molecular weight excluding hydrogens is 310 g/mol. The highest BCUT2D eigenvalue weighted by molar-refractivity contribution is 6.29. The van der Waals surface area contributed by atoms with E-state index in [2.05, 4.69) is 15.4 Å². The molecular formula is C13H14ClN5O3. The molecule has 116 valence electrons. The molecule has 1 amide bonds. The summed E-state index contributed by atoms with van der Waals surface area (Å²) in [5.74, 6) is -0.237. The first-order valence-electron chi connectivity index (χ1n) is 6.48. The molecule has 0 aromatic carbocycles. The van der Waals surface area contributed by atoms with Gasteiger partial charge in [-0.15, -0.1) is 0 Å². The van der Waals surface area contributed by atoms with Crippen LogP contribution in [0.2, 0.25) is 5.15 Å². The Kier molecular flexibility index (Phi) is 4.71. The van der Waals surface area contributed by atoms with Gasteiger partial charge in [0.15, 0.2) is 0 Å². The normalized spacial score (nSPS) is 10.5. The fraction of sp³-hybridized carbons (Fsp3) is 0.308. The lowest BCUT2D eigenvalue weighted by atomic mass is 10.3. The largest absolute Gasteiger partial charge is 0.325 e. The summed E-state index contributed by atoms with van der Waals surface area (Å²) in [5, 5.41) is 18.0. The van der Waals surface area contributed by atoms with E-state index in [1.54, 1.807) is 26.0 Å². The summed E-state index contributed by atoms with van der Waals surface area (Å²) in [6, 6.07) is 3.21. The van der Waals surface area contributed by atoms with E-state index in [0.717, 1.165) is 0 Å². The van der Waals surface area contributed by atoms with Crippen LogP contribution in [0.4, 0.5) is 11.4 Å². The summed E-state index contributed by atoms with van der Waals surface area (Å²) in [6.07, 6.45) is 1.59. The fourth-order valence-electron chi connectivity index (χ4n) is 2.05. The number of aryl methyl sites for hydroxylation is 2. The van der Waals surface area contributed by atoms with Gasteiger partial charge >= 0.3 is 5.69 Å². The third-order valence-corrected chi connectivity index (χ3v) is 3.31. The standard InChI is InChI=1S/C13H14ClN5O3/c1-8-13(19(21)22)9(2)18(17-8)6-5-12(20)16-10-3-4-11(14)15-7-10/h3-4,7H,5-6H2,1-2H3,(H,16,20). The van der Waals surface area contributed by atoms with Crippen LogP contribution < -0.4 is 5.32 Å². The van der Waals surface area contributed by atoms with E-state index in [-0.39, 0.29) is 24.6 Å². The number of aromatic nitrogens is 3. The minimum atomic E-state index is -0.465. The Labute approximate surface area is 131 Å². The van der Waals surface area contributed by atoms with Crippen LogP contribution >= 0.6 is 11.6 Å². The number of carbonyl (C=O) groups is 1. The molecule has 0 aliphatic rings. The number of hydrogen-bond donors (Lipinski definition) is 1. The number of nitrogens with zero attached hydrogens (tertiary/aromatic N) is 4. The number of anilines is 1. The van der Waals surface area contributed by atoms with Crippen LogP contribution in [0.15, 0.2) is 18.3 Å². The first kappa shape index (κ1) is 15.9. The number of nitrogens with one attached hydrogen (secondary N) is 1. The molecule has 0 saturated carbocycles. The number of nitro groups is 1. The molecule has 2 rings (SSSR count). The highest BCUT2D eigenvalue weighted by Crippen LogP contribution is 2.21. The number of rotatable bonds is 5. The molecule has 0 radical (unpaired) electrons. The van der Waals surface area contributed by atoms with Gasteiger partial charge in [0.2, 0.25) is 5.91 Å². The molecule has 1 N–H and O–H groups in total. The number of amides is 1. The Morgan fingerprint density at radius 3 is 2.73 bits per heavy atom. The highest BCUT2D eigenvalue weighted by atomic mass is 35.5. The molecule has 0 bridgehead atoms. The molecule has 9 heteroatoms. The van der Waals surface area contributed by atoms with Crippen molar-refractivity contribution in [2.45, 2.75) is 26.8 Å². The number of halogens is 1. The average molecular weight is 324 g/mol. The van der Waals surface area contributed by atoms with Crippen molar-refractivity contribution in [1.82, 2.24) is 14.8 Å². The predicted octanol–water partition coefficient (Wildman–Crippen LogP) is 2.49. The molecule has 0 atom stereocenters. The van der Waals surface area contributed by atoms with E-state index in [0.29, 0.717) is 22.2 Å². The van der Waals surface area contributed by atoms with Crippen LogP contribution in [0.5, 0.6) is 0 Å². The lowest BCUT2D eigenvalue weighted by Crippen LogP contribution is -2.15. The summed E-state index contributed by atoms with van der Waals surface area (Å²) >= 11 is 5.66. The Hall–Kier alpha value is -2.48. The van der Waals surface area contributed by atoms with Gasteiger partial charge < -0.3 is 5.32 Å². The van der Waals surface area contributed by atoms with Crippen molar-refractivity contribution < 1.29 is 9.72 Å². The first-order valence-corrected chi connectivity index (χ1v) is 6.86. The molecule has 2 aromatic heterocycles. The van der Waals surface area contributed by atoms with Crippen molar-refractivity contribution in [3.63, 3.8) is 0 Å². The maximum atomic E-state index is 11.9. The maximum Gasteiger partial charge on any atom is 0.312 e.